The van der Waals surface area contributed by atoms with E-state index >= 15 is 0 Å². The zero-order valence-electron chi connectivity index (χ0n) is 16.6. The molecule has 2 aliphatic rings. The number of nitrogens with one attached hydrogen (secondary N) is 2. The number of anilines is 1. The predicted octanol–water partition coefficient (Wildman–Crippen LogP) is 1.68. The molecule has 2 atom stereocenters. The van der Waals surface area contributed by atoms with E-state index in [0.717, 1.165) is 61.7 Å². The van der Waals surface area contributed by atoms with Gasteiger partial charge in [0.1, 0.15) is 30.3 Å². The van der Waals surface area contributed by atoms with E-state index < -0.39 is 0 Å². The van der Waals surface area contributed by atoms with E-state index in [9.17, 15) is 0 Å². The van der Waals surface area contributed by atoms with Crippen molar-refractivity contribution in [2.75, 3.05) is 45.3 Å². The van der Waals surface area contributed by atoms with Crippen molar-refractivity contribution < 1.29 is 14.4 Å². The van der Waals surface area contributed by atoms with Crippen molar-refractivity contribution in [1.82, 2.24) is 9.97 Å². The summed E-state index contributed by atoms with van der Waals surface area (Å²) >= 11 is 1.88. The van der Waals surface area contributed by atoms with Crippen LogP contribution in [0.25, 0.3) is 10.2 Å². The molecule has 3 heterocycles. The maximum Gasteiger partial charge on any atom is 0.187 e. The summed E-state index contributed by atoms with van der Waals surface area (Å²) in [6, 6.07) is 0.217. The molecule has 1 aliphatic heterocycles. The quantitative estimate of drug-likeness (QED) is 0.785. The number of rotatable bonds is 6. The lowest BCUT2D eigenvalue weighted by molar-refractivity contribution is -0.922. The molecule has 4 rings (SSSR count). The molecular weight excluding hydrogens is 360 g/mol. The lowest BCUT2D eigenvalue weighted by Crippen LogP contribution is -3.12. The van der Waals surface area contributed by atoms with Crippen molar-refractivity contribution in [2.24, 2.45) is 5.92 Å². The molecule has 6 nitrogen and oxygen atoms in total. The van der Waals surface area contributed by atoms with Gasteiger partial charge >= 0.3 is 0 Å². The predicted molar refractivity (Wildman–Crippen MR) is 109 cm³/mol. The second-order valence-electron chi connectivity index (χ2n) is 8.06. The molecule has 0 amide bonds. The number of nitrogens with zero attached hydrogens (tertiary/aromatic N) is 2. The van der Waals surface area contributed by atoms with Crippen LogP contribution >= 0.6 is 11.3 Å². The van der Waals surface area contributed by atoms with Crippen LogP contribution in [0.4, 0.5) is 5.82 Å². The number of thiophene rings is 1. The minimum absolute atomic E-state index is 0.217. The van der Waals surface area contributed by atoms with Gasteiger partial charge in [-0.25, -0.2) is 9.97 Å². The zero-order chi connectivity index (χ0) is 18.8. The number of methoxy groups -OCH3 is 1. The molecule has 7 heteroatoms. The van der Waals surface area contributed by atoms with Gasteiger partial charge in [-0.05, 0) is 37.7 Å². The van der Waals surface area contributed by atoms with Gasteiger partial charge in [0.05, 0.1) is 25.2 Å². The van der Waals surface area contributed by atoms with Crippen LogP contribution < -0.4 is 10.2 Å². The molecule has 2 aromatic heterocycles. The van der Waals surface area contributed by atoms with E-state index in [2.05, 4.69) is 19.2 Å². The third-order valence-electron chi connectivity index (χ3n) is 5.61. The number of hydrogen-bond acceptors (Lipinski definition) is 6. The Hall–Kier alpha value is -1.28. The first kappa shape index (κ1) is 19.1. The Morgan fingerprint density at radius 1 is 1.33 bits per heavy atom. The van der Waals surface area contributed by atoms with Gasteiger partial charge in [0.25, 0.3) is 0 Å². The Morgan fingerprint density at radius 2 is 2.15 bits per heavy atom. The Kier molecular flexibility index (Phi) is 5.92. The molecule has 0 bridgehead atoms. The molecular formula is C20H31N4O2S+. The highest BCUT2D eigenvalue weighted by molar-refractivity contribution is 7.19. The van der Waals surface area contributed by atoms with Gasteiger partial charge in [-0.1, -0.05) is 6.92 Å². The SMILES string of the molecule is COC[C@@H](C)Nc1nc(C[NH+]2CCOCC2)nc2sc3c(c12)CC[C@@H](C)C3. The monoisotopic (exact) mass is 391 g/mol. The second-order valence-corrected chi connectivity index (χ2v) is 9.14. The van der Waals surface area contributed by atoms with Crippen LogP contribution in [0.1, 0.15) is 36.5 Å². The molecule has 148 valence electrons. The number of morpholine rings is 1. The van der Waals surface area contributed by atoms with Gasteiger partial charge in [-0.2, -0.15) is 0 Å². The molecule has 0 spiro atoms. The van der Waals surface area contributed by atoms with Crippen LogP contribution in [0.15, 0.2) is 0 Å². The van der Waals surface area contributed by atoms with Crippen molar-refractivity contribution in [2.45, 2.75) is 45.7 Å². The first-order chi connectivity index (χ1) is 13.1. The number of hydrogen-bond donors (Lipinski definition) is 2. The molecule has 0 unspecified atom stereocenters. The molecule has 1 aliphatic carbocycles. The van der Waals surface area contributed by atoms with Crippen molar-refractivity contribution in [1.29, 1.82) is 0 Å². The minimum Gasteiger partial charge on any atom is -0.383 e. The van der Waals surface area contributed by atoms with Gasteiger partial charge in [0.15, 0.2) is 5.82 Å². The summed E-state index contributed by atoms with van der Waals surface area (Å²) in [7, 11) is 1.74. The van der Waals surface area contributed by atoms with Crippen LogP contribution in [-0.4, -0.2) is 56.0 Å². The maximum absolute atomic E-state index is 5.49. The Bertz CT molecular complexity index is 788. The fourth-order valence-electron chi connectivity index (χ4n) is 4.16. The number of aryl methyl sites for hydroxylation is 1. The van der Waals surface area contributed by atoms with Gasteiger partial charge in [0.2, 0.25) is 0 Å². The molecule has 2 aromatic rings. The van der Waals surface area contributed by atoms with Gasteiger partial charge < -0.3 is 19.7 Å². The number of quaternary nitrogens is 1. The Labute approximate surface area is 165 Å². The Morgan fingerprint density at radius 3 is 2.93 bits per heavy atom. The van der Waals surface area contributed by atoms with Crippen LogP contribution in [0.3, 0.4) is 0 Å². The first-order valence-electron chi connectivity index (χ1n) is 10.1. The van der Waals surface area contributed by atoms with Crippen molar-refractivity contribution in [3.63, 3.8) is 0 Å². The molecule has 0 saturated carbocycles. The van der Waals surface area contributed by atoms with Crippen LogP contribution in [0.2, 0.25) is 0 Å². The molecule has 0 aromatic carbocycles. The highest BCUT2D eigenvalue weighted by atomic mass is 32.1. The largest absolute Gasteiger partial charge is 0.383 e. The summed E-state index contributed by atoms with van der Waals surface area (Å²) in [5.74, 6) is 2.71. The smallest absolute Gasteiger partial charge is 0.187 e. The van der Waals surface area contributed by atoms with Crippen molar-refractivity contribution in [3.8, 4) is 0 Å². The number of aromatic nitrogens is 2. The average Bonchev–Trinajstić information content (AvgIpc) is 3.00. The third kappa shape index (κ3) is 4.26. The van der Waals surface area contributed by atoms with Gasteiger partial charge in [-0.15, -0.1) is 11.3 Å². The lowest BCUT2D eigenvalue weighted by atomic mass is 9.89. The standard InChI is InChI=1S/C20H30N4O2S/c1-13-4-5-15-16(10-13)27-20-18(15)19(21-14(2)12-25-3)22-17(23-20)11-24-6-8-26-9-7-24/h13-14H,4-12H2,1-3H3,(H,21,22,23)/p+1/t13-,14-/m1/s1. The van der Waals surface area contributed by atoms with Crippen molar-refractivity contribution in [3.05, 3.63) is 16.3 Å². The summed E-state index contributed by atoms with van der Waals surface area (Å²) in [5.41, 5.74) is 1.48. The zero-order valence-corrected chi connectivity index (χ0v) is 17.5. The van der Waals surface area contributed by atoms with Crippen LogP contribution in [-0.2, 0) is 28.9 Å². The maximum atomic E-state index is 5.49. The molecule has 0 radical (unpaired) electrons. The fraction of sp³-hybridized carbons (Fsp3) is 0.700. The van der Waals surface area contributed by atoms with E-state index in [1.165, 1.54) is 33.6 Å². The molecule has 2 N–H and O–H groups in total. The van der Waals surface area contributed by atoms with E-state index in [0.29, 0.717) is 6.61 Å². The lowest BCUT2D eigenvalue weighted by Gasteiger charge is -2.23. The highest BCUT2D eigenvalue weighted by Gasteiger charge is 2.25. The van der Waals surface area contributed by atoms with Crippen LogP contribution in [0, 0.1) is 5.92 Å². The summed E-state index contributed by atoms with van der Waals surface area (Å²) < 4.78 is 10.8. The Balaban J connectivity index is 1.70. The minimum atomic E-state index is 0.217. The normalized spacial score (nSPS) is 22.0. The number of fused-ring (bicyclic) bond motifs is 3. The summed E-state index contributed by atoms with van der Waals surface area (Å²) in [4.78, 5) is 14.1. The third-order valence-corrected chi connectivity index (χ3v) is 6.76. The summed E-state index contributed by atoms with van der Waals surface area (Å²) in [6.45, 7) is 9.75. The fourth-order valence-corrected chi connectivity index (χ4v) is 5.56. The molecule has 1 fully saturated rings. The number of ether oxygens (including phenoxy) is 2. The second kappa shape index (κ2) is 8.39. The summed E-state index contributed by atoms with van der Waals surface area (Å²) in [5, 5.41) is 4.86. The van der Waals surface area contributed by atoms with Crippen LogP contribution in [0.5, 0.6) is 0 Å². The van der Waals surface area contributed by atoms with Gasteiger partial charge in [-0.3, -0.25) is 0 Å². The van der Waals surface area contributed by atoms with E-state index in [-0.39, 0.29) is 6.04 Å². The summed E-state index contributed by atoms with van der Waals surface area (Å²) in [6.07, 6.45) is 3.57. The van der Waals surface area contributed by atoms with E-state index in [1.54, 1.807) is 7.11 Å². The van der Waals surface area contributed by atoms with Gasteiger partial charge in [0, 0.05) is 18.0 Å². The highest BCUT2D eigenvalue weighted by Crippen LogP contribution is 2.40. The molecule has 1 saturated heterocycles. The average molecular weight is 392 g/mol. The van der Waals surface area contributed by atoms with Crippen molar-refractivity contribution >= 4 is 27.4 Å². The topological polar surface area (TPSA) is 60.7 Å². The van der Waals surface area contributed by atoms with E-state index in [1.807, 2.05) is 11.3 Å². The van der Waals surface area contributed by atoms with E-state index in [4.69, 9.17) is 19.4 Å². The molecule has 27 heavy (non-hydrogen) atoms. The first-order valence-corrected chi connectivity index (χ1v) is 10.9.